The van der Waals surface area contributed by atoms with E-state index in [0.29, 0.717) is 12.8 Å². The van der Waals surface area contributed by atoms with Crippen LogP contribution in [0.15, 0.2) is 42.5 Å². The van der Waals surface area contributed by atoms with E-state index in [1.54, 1.807) is 13.8 Å². The number of carbonyl (C=O) groups is 3. The van der Waals surface area contributed by atoms with E-state index in [9.17, 15) is 19.5 Å². The maximum Gasteiger partial charge on any atom is 0.326 e. The van der Waals surface area contributed by atoms with E-state index in [-0.39, 0.29) is 11.8 Å². The number of rotatable bonds is 22. The van der Waals surface area contributed by atoms with Gasteiger partial charge in [-0.1, -0.05) is 115 Å². The van der Waals surface area contributed by atoms with Crippen molar-refractivity contribution in [3.63, 3.8) is 0 Å². The molecule has 0 radical (unpaired) electrons. The first-order valence-corrected chi connectivity index (χ1v) is 14.9. The third kappa shape index (κ3) is 16.3. The summed E-state index contributed by atoms with van der Waals surface area (Å²) in [6, 6.07) is 7.64. The molecule has 3 N–H and O–H groups in total. The molecule has 214 valence electrons. The topological polar surface area (TPSA) is 95.5 Å². The molecule has 0 aliphatic rings. The van der Waals surface area contributed by atoms with E-state index in [4.69, 9.17) is 0 Å². The first-order chi connectivity index (χ1) is 18.3. The van der Waals surface area contributed by atoms with Crippen LogP contribution in [-0.4, -0.2) is 35.0 Å². The molecule has 2 amide bonds. The van der Waals surface area contributed by atoms with Gasteiger partial charge in [0.25, 0.3) is 0 Å². The molecule has 0 aliphatic heterocycles. The molecule has 0 spiro atoms. The highest BCUT2D eigenvalue weighted by atomic mass is 16.4. The molecule has 0 fully saturated rings. The predicted octanol–water partition coefficient (Wildman–Crippen LogP) is 6.98. The van der Waals surface area contributed by atoms with E-state index < -0.39 is 24.0 Å². The van der Waals surface area contributed by atoms with Gasteiger partial charge in [-0.05, 0) is 43.6 Å². The van der Waals surface area contributed by atoms with Gasteiger partial charge in [0.1, 0.15) is 12.1 Å². The van der Waals surface area contributed by atoms with Gasteiger partial charge >= 0.3 is 5.97 Å². The van der Waals surface area contributed by atoms with Gasteiger partial charge in [0.05, 0.1) is 0 Å². The molecule has 6 heteroatoms. The Hall–Kier alpha value is -2.63. The number of hydrogen-bond donors (Lipinski definition) is 3. The molecule has 1 rings (SSSR count). The summed E-state index contributed by atoms with van der Waals surface area (Å²) in [6.07, 6.45) is 20.9. The maximum atomic E-state index is 12.9. The van der Waals surface area contributed by atoms with E-state index in [1.807, 2.05) is 30.3 Å². The second-order valence-electron chi connectivity index (χ2n) is 10.7. The first kappa shape index (κ1) is 33.4. The lowest BCUT2D eigenvalue weighted by molar-refractivity contribution is -0.143. The SMILES string of the molecule is CCCCCCCCC=CCCCCCCCC(=O)N[C@@H](Cc1ccccc1)C(=O)N[C@H](C(=O)O)C(C)C. The van der Waals surface area contributed by atoms with Crippen LogP contribution in [0.1, 0.15) is 116 Å². The molecule has 1 aromatic rings. The second-order valence-corrected chi connectivity index (χ2v) is 10.7. The summed E-state index contributed by atoms with van der Waals surface area (Å²) in [5, 5.41) is 14.9. The van der Waals surface area contributed by atoms with Crippen molar-refractivity contribution in [3.8, 4) is 0 Å². The zero-order valence-corrected chi connectivity index (χ0v) is 24.1. The number of benzene rings is 1. The molecule has 1 aromatic carbocycles. The standard InChI is InChI=1S/C32H52N2O4/c1-4-5-6-7-8-9-10-11-12-13-14-15-16-17-21-24-29(35)33-28(25-27-22-19-18-20-23-27)31(36)34-30(26(2)3)32(37)38/h11-12,18-20,22-23,26,28,30H,4-10,13-17,21,24-25H2,1-3H3,(H,33,35)(H,34,36)(H,37,38)/t28-,30-/m0/s1. The van der Waals surface area contributed by atoms with Gasteiger partial charge < -0.3 is 15.7 Å². The van der Waals surface area contributed by atoms with E-state index in [2.05, 4.69) is 29.7 Å². The number of unbranched alkanes of at least 4 members (excludes halogenated alkanes) is 11. The molecule has 0 aromatic heterocycles. The normalized spacial score (nSPS) is 12.9. The first-order valence-electron chi connectivity index (χ1n) is 14.9. The highest BCUT2D eigenvalue weighted by Gasteiger charge is 2.28. The summed E-state index contributed by atoms with van der Waals surface area (Å²) in [5.41, 5.74) is 0.908. The molecule has 0 unspecified atom stereocenters. The Kier molecular flexibility index (Phi) is 18.7. The zero-order valence-electron chi connectivity index (χ0n) is 24.1. The van der Waals surface area contributed by atoms with E-state index in [0.717, 1.165) is 37.7 Å². The van der Waals surface area contributed by atoms with Crippen LogP contribution in [-0.2, 0) is 20.8 Å². The third-order valence-corrected chi connectivity index (χ3v) is 6.83. The summed E-state index contributed by atoms with van der Waals surface area (Å²) < 4.78 is 0. The van der Waals surface area contributed by atoms with Crippen molar-refractivity contribution >= 4 is 17.8 Å². The quantitative estimate of drug-likeness (QED) is 0.112. The van der Waals surface area contributed by atoms with Crippen LogP contribution < -0.4 is 10.6 Å². The Morgan fingerprint density at radius 2 is 1.34 bits per heavy atom. The highest BCUT2D eigenvalue weighted by molar-refractivity contribution is 5.90. The van der Waals surface area contributed by atoms with Gasteiger partial charge in [0, 0.05) is 12.8 Å². The van der Waals surface area contributed by atoms with Crippen molar-refractivity contribution in [1.29, 1.82) is 0 Å². The average Bonchev–Trinajstić information content (AvgIpc) is 2.89. The van der Waals surface area contributed by atoms with Gasteiger partial charge in [-0.3, -0.25) is 9.59 Å². The Balaban J connectivity index is 2.31. The highest BCUT2D eigenvalue weighted by Crippen LogP contribution is 2.11. The van der Waals surface area contributed by atoms with Gasteiger partial charge in [-0.25, -0.2) is 4.79 Å². The molecule has 6 nitrogen and oxygen atoms in total. The van der Waals surface area contributed by atoms with Gasteiger partial charge in [-0.2, -0.15) is 0 Å². The monoisotopic (exact) mass is 528 g/mol. The van der Waals surface area contributed by atoms with Crippen LogP contribution in [0.4, 0.5) is 0 Å². The number of nitrogens with one attached hydrogen (secondary N) is 2. The van der Waals surface area contributed by atoms with Crippen LogP contribution in [0.3, 0.4) is 0 Å². The number of carboxylic acid groups (broad SMARTS) is 1. The molecular formula is C32H52N2O4. The smallest absolute Gasteiger partial charge is 0.326 e. The van der Waals surface area contributed by atoms with Crippen molar-refractivity contribution in [2.24, 2.45) is 5.92 Å². The fourth-order valence-corrected chi connectivity index (χ4v) is 4.45. The molecule has 2 atom stereocenters. The minimum atomic E-state index is -1.08. The Morgan fingerprint density at radius 3 is 1.89 bits per heavy atom. The minimum Gasteiger partial charge on any atom is -0.480 e. The Labute approximate surface area is 231 Å². The van der Waals surface area contributed by atoms with Crippen LogP contribution in [0.2, 0.25) is 0 Å². The number of carboxylic acids is 1. The average molecular weight is 529 g/mol. The Bertz CT molecular complexity index is 807. The van der Waals surface area contributed by atoms with Crippen LogP contribution >= 0.6 is 0 Å². The van der Waals surface area contributed by atoms with Gasteiger partial charge in [-0.15, -0.1) is 0 Å². The maximum absolute atomic E-state index is 12.9. The fourth-order valence-electron chi connectivity index (χ4n) is 4.45. The van der Waals surface area contributed by atoms with Crippen molar-refractivity contribution in [2.45, 2.75) is 129 Å². The van der Waals surface area contributed by atoms with Crippen LogP contribution in [0, 0.1) is 5.92 Å². The minimum absolute atomic E-state index is 0.171. The second kappa shape index (κ2) is 21.3. The molecule has 0 bridgehead atoms. The molecule has 0 saturated carbocycles. The summed E-state index contributed by atoms with van der Waals surface area (Å²) in [7, 11) is 0. The molecule has 0 heterocycles. The molecule has 0 saturated heterocycles. The number of carbonyl (C=O) groups excluding carboxylic acids is 2. The molecule has 0 aliphatic carbocycles. The number of amides is 2. The van der Waals surface area contributed by atoms with E-state index in [1.165, 1.54) is 51.4 Å². The van der Waals surface area contributed by atoms with E-state index >= 15 is 0 Å². The summed E-state index contributed by atoms with van der Waals surface area (Å²) in [4.78, 5) is 37.1. The number of hydrogen-bond acceptors (Lipinski definition) is 3. The Morgan fingerprint density at radius 1 is 0.789 bits per heavy atom. The van der Waals surface area contributed by atoms with Crippen molar-refractivity contribution in [1.82, 2.24) is 10.6 Å². The predicted molar refractivity (Wildman–Crippen MR) is 156 cm³/mol. The number of aliphatic carboxylic acids is 1. The third-order valence-electron chi connectivity index (χ3n) is 6.83. The fraction of sp³-hybridized carbons (Fsp3) is 0.656. The lowest BCUT2D eigenvalue weighted by atomic mass is 10.0. The largest absolute Gasteiger partial charge is 0.480 e. The lowest BCUT2D eigenvalue weighted by Gasteiger charge is -2.23. The summed E-state index contributed by atoms with van der Waals surface area (Å²) in [6.45, 7) is 5.74. The van der Waals surface area contributed by atoms with Crippen molar-refractivity contribution < 1.29 is 19.5 Å². The van der Waals surface area contributed by atoms with Crippen molar-refractivity contribution in [3.05, 3.63) is 48.0 Å². The van der Waals surface area contributed by atoms with Crippen LogP contribution in [0.25, 0.3) is 0 Å². The summed E-state index contributed by atoms with van der Waals surface area (Å²) >= 11 is 0. The van der Waals surface area contributed by atoms with Crippen molar-refractivity contribution in [2.75, 3.05) is 0 Å². The van der Waals surface area contributed by atoms with Crippen LogP contribution in [0.5, 0.6) is 0 Å². The summed E-state index contributed by atoms with van der Waals surface area (Å²) in [5.74, 6) is -1.98. The van der Waals surface area contributed by atoms with Gasteiger partial charge in [0.2, 0.25) is 11.8 Å². The lowest BCUT2D eigenvalue weighted by Crippen LogP contribution is -2.53. The van der Waals surface area contributed by atoms with Gasteiger partial charge in [0.15, 0.2) is 0 Å². The molecule has 38 heavy (non-hydrogen) atoms. The molecular weight excluding hydrogens is 476 g/mol. The zero-order chi connectivity index (χ0) is 28.0. The number of allylic oxidation sites excluding steroid dienone is 2.